The van der Waals surface area contributed by atoms with Crippen LogP contribution in [-0.4, -0.2) is 28.4 Å². The summed E-state index contributed by atoms with van der Waals surface area (Å²) in [5.74, 6) is -0.495. The van der Waals surface area contributed by atoms with Gasteiger partial charge in [0.15, 0.2) is 6.10 Å². The van der Waals surface area contributed by atoms with E-state index < -0.39 is 11.6 Å². The lowest BCUT2D eigenvalue weighted by atomic mass is 9.98. The maximum atomic E-state index is 13.6. The first-order chi connectivity index (χ1) is 16.1. The van der Waals surface area contributed by atoms with Crippen LogP contribution < -0.4 is 10.1 Å². The average molecular weight is 520 g/mol. The van der Waals surface area contributed by atoms with Gasteiger partial charge in [-0.05, 0) is 44.5 Å². The van der Waals surface area contributed by atoms with Gasteiger partial charge in [0.1, 0.15) is 11.3 Å². The van der Waals surface area contributed by atoms with E-state index in [2.05, 4.69) is 5.32 Å². The molecule has 34 heavy (non-hydrogen) atoms. The Morgan fingerprint density at radius 2 is 1.47 bits per heavy atom. The molecule has 178 valence electrons. The van der Waals surface area contributed by atoms with Gasteiger partial charge in [-0.2, -0.15) is 0 Å². The van der Waals surface area contributed by atoms with Crippen molar-refractivity contribution in [1.29, 1.82) is 0 Å². The van der Waals surface area contributed by atoms with Gasteiger partial charge >= 0.3 is 0 Å². The molecule has 5 nitrogen and oxygen atoms in total. The van der Waals surface area contributed by atoms with Crippen molar-refractivity contribution in [2.24, 2.45) is 0 Å². The summed E-state index contributed by atoms with van der Waals surface area (Å²) in [7, 11) is 0. The Hall–Kier alpha value is -2.73. The number of carbonyl (C=O) groups excluding carboxylic acids is 2. The van der Waals surface area contributed by atoms with Gasteiger partial charge in [0.05, 0.1) is 15.1 Å². The second kappa shape index (κ2) is 11.1. The molecule has 0 fully saturated rings. The van der Waals surface area contributed by atoms with Crippen LogP contribution in [-0.2, 0) is 16.1 Å². The molecule has 0 heterocycles. The third-order valence-corrected chi connectivity index (χ3v) is 6.36. The van der Waals surface area contributed by atoms with Crippen molar-refractivity contribution in [3.05, 3.63) is 93.4 Å². The molecule has 3 rings (SSSR count). The average Bonchev–Trinajstić information content (AvgIpc) is 2.81. The number of carbonyl (C=O) groups is 2. The zero-order valence-electron chi connectivity index (χ0n) is 19.0. The Balaban J connectivity index is 1.89. The molecule has 0 unspecified atom stereocenters. The summed E-state index contributed by atoms with van der Waals surface area (Å²) in [6.07, 6.45) is -0.956. The summed E-state index contributed by atoms with van der Waals surface area (Å²) in [5.41, 5.74) is 0.303. The zero-order valence-corrected chi connectivity index (χ0v) is 21.3. The lowest BCUT2D eigenvalue weighted by molar-refractivity contribution is -0.149. The Morgan fingerprint density at radius 1 is 0.912 bits per heavy atom. The molecule has 0 aliphatic carbocycles. The SMILES string of the molecule is C[C@@H](Oc1cc(Cl)c(Cl)cc1Cl)C(=O)N(Cc1ccccc1)C(C)(C)C(=O)Nc1ccccc1. The van der Waals surface area contributed by atoms with E-state index in [4.69, 9.17) is 39.5 Å². The van der Waals surface area contributed by atoms with Gasteiger partial charge in [0.25, 0.3) is 5.91 Å². The van der Waals surface area contributed by atoms with Gasteiger partial charge in [-0.1, -0.05) is 83.3 Å². The fraction of sp³-hybridized carbons (Fsp3) is 0.231. The molecule has 2 amide bonds. The van der Waals surface area contributed by atoms with Crippen molar-refractivity contribution in [3.63, 3.8) is 0 Å². The van der Waals surface area contributed by atoms with Crippen LogP contribution in [0.4, 0.5) is 5.69 Å². The minimum Gasteiger partial charge on any atom is -0.479 e. The van der Waals surface area contributed by atoms with E-state index in [-0.39, 0.29) is 39.2 Å². The molecule has 0 saturated heterocycles. The first kappa shape index (κ1) is 25.9. The maximum absolute atomic E-state index is 13.6. The predicted molar refractivity (Wildman–Crippen MR) is 138 cm³/mol. The van der Waals surface area contributed by atoms with Crippen molar-refractivity contribution < 1.29 is 14.3 Å². The van der Waals surface area contributed by atoms with Gasteiger partial charge < -0.3 is 15.0 Å². The van der Waals surface area contributed by atoms with Gasteiger partial charge in [-0.15, -0.1) is 0 Å². The van der Waals surface area contributed by atoms with Crippen LogP contribution in [0.3, 0.4) is 0 Å². The minimum absolute atomic E-state index is 0.206. The fourth-order valence-corrected chi connectivity index (χ4v) is 3.88. The molecule has 1 atom stereocenters. The standard InChI is InChI=1S/C26H25Cl3N2O3/c1-17(34-23-15-21(28)20(27)14-22(23)29)24(32)31(16-18-10-6-4-7-11-18)26(2,3)25(33)30-19-12-8-5-9-13-19/h4-15,17H,16H2,1-3H3,(H,30,33)/t17-/m1/s1. The fourth-order valence-electron chi connectivity index (χ4n) is 3.30. The largest absolute Gasteiger partial charge is 0.479 e. The Morgan fingerprint density at radius 3 is 2.09 bits per heavy atom. The second-order valence-electron chi connectivity index (χ2n) is 8.25. The summed E-state index contributed by atoms with van der Waals surface area (Å²) in [5, 5.41) is 3.65. The molecule has 0 aliphatic heterocycles. The molecule has 0 aromatic heterocycles. The van der Waals surface area contributed by atoms with Gasteiger partial charge in [-0.3, -0.25) is 9.59 Å². The Bertz CT molecular complexity index is 1150. The smallest absolute Gasteiger partial charge is 0.264 e. The van der Waals surface area contributed by atoms with E-state index in [0.29, 0.717) is 5.69 Å². The number of halogens is 3. The summed E-state index contributed by atoms with van der Waals surface area (Å²) in [4.78, 5) is 28.4. The molecule has 0 aliphatic rings. The molecule has 3 aromatic carbocycles. The number of amides is 2. The highest BCUT2D eigenvalue weighted by molar-refractivity contribution is 6.43. The third kappa shape index (κ3) is 6.23. The van der Waals surface area contributed by atoms with Crippen molar-refractivity contribution >= 4 is 52.3 Å². The number of para-hydroxylation sites is 1. The monoisotopic (exact) mass is 518 g/mol. The van der Waals surface area contributed by atoms with Crippen LogP contribution in [0.1, 0.15) is 26.3 Å². The van der Waals surface area contributed by atoms with E-state index in [1.165, 1.54) is 17.0 Å². The lowest BCUT2D eigenvalue weighted by Gasteiger charge is -2.38. The minimum atomic E-state index is -1.21. The topological polar surface area (TPSA) is 58.6 Å². The van der Waals surface area contributed by atoms with Crippen molar-refractivity contribution in [2.45, 2.75) is 39.0 Å². The van der Waals surface area contributed by atoms with Crippen LogP contribution in [0.15, 0.2) is 72.8 Å². The quantitative estimate of drug-likeness (QED) is 0.331. The number of hydrogen-bond acceptors (Lipinski definition) is 3. The van der Waals surface area contributed by atoms with Crippen molar-refractivity contribution in [2.75, 3.05) is 5.32 Å². The predicted octanol–water partition coefficient (Wildman–Crippen LogP) is 6.86. The molecule has 0 radical (unpaired) electrons. The molecule has 3 aromatic rings. The van der Waals surface area contributed by atoms with Crippen LogP contribution in [0.2, 0.25) is 15.1 Å². The number of benzene rings is 3. The van der Waals surface area contributed by atoms with Gasteiger partial charge in [-0.25, -0.2) is 0 Å². The number of nitrogens with zero attached hydrogens (tertiary/aromatic N) is 1. The maximum Gasteiger partial charge on any atom is 0.264 e. The number of nitrogens with one attached hydrogen (secondary N) is 1. The van der Waals surface area contributed by atoms with Crippen LogP contribution in [0.5, 0.6) is 5.75 Å². The summed E-state index contributed by atoms with van der Waals surface area (Å²) in [6, 6.07) is 21.4. The first-order valence-electron chi connectivity index (χ1n) is 10.6. The summed E-state index contributed by atoms with van der Waals surface area (Å²) >= 11 is 18.3. The number of hydrogen-bond donors (Lipinski definition) is 1. The molecular weight excluding hydrogens is 495 g/mol. The zero-order chi connectivity index (χ0) is 24.9. The Labute approximate surface area is 214 Å². The number of anilines is 1. The highest BCUT2D eigenvalue weighted by Gasteiger charge is 2.40. The van der Waals surface area contributed by atoms with Crippen LogP contribution in [0, 0.1) is 0 Å². The molecule has 0 saturated carbocycles. The second-order valence-corrected chi connectivity index (χ2v) is 9.47. The van der Waals surface area contributed by atoms with Crippen molar-refractivity contribution in [1.82, 2.24) is 4.90 Å². The molecular formula is C26H25Cl3N2O3. The Kier molecular flexibility index (Phi) is 8.47. The molecule has 8 heteroatoms. The number of ether oxygens (including phenoxy) is 1. The summed E-state index contributed by atoms with van der Waals surface area (Å²) < 4.78 is 5.86. The first-order valence-corrected chi connectivity index (χ1v) is 11.8. The molecule has 0 bridgehead atoms. The normalized spacial score (nSPS) is 12.1. The summed E-state index contributed by atoms with van der Waals surface area (Å²) in [6.45, 7) is 5.21. The van der Waals surface area contributed by atoms with Crippen LogP contribution in [0.25, 0.3) is 0 Å². The van der Waals surface area contributed by atoms with E-state index in [0.717, 1.165) is 5.56 Å². The van der Waals surface area contributed by atoms with Crippen molar-refractivity contribution in [3.8, 4) is 5.75 Å². The van der Waals surface area contributed by atoms with E-state index in [1.807, 2.05) is 48.5 Å². The highest BCUT2D eigenvalue weighted by Crippen LogP contribution is 2.35. The van der Waals surface area contributed by atoms with E-state index >= 15 is 0 Å². The lowest BCUT2D eigenvalue weighted by Crippen LogP contribution is -2.57. The number of rotatable bonds is 8. The van der Waals surface area contributed by atoms with Gasteiger partial charge in [0, 0.05) is 18.3 Å². The van der Waals surface area contributed by atoms with Crippen LogP contribution >= 0.6 is 34.8 Å². The highest BCUT2D eigenvalue weighted by atomic mass is 35.5. The van der Waals surface area contributed by atoms with E-state index in [1.54, 1.807) is 32.9 Å². The van der Waals surface area contributed by atoms with Gasteiger partial charge in [0.2, 0.25) is 5.91 Å². The third-order valence-electron chi connectivity index (χ3n) is 5.34. The molecule has 1 N–H and O–H groups in total. The molecule has 0 spiro atoms. The van der Waals surface area contributed by atoms with E-state index in [9.17, 15) is 9.59 Å².